The molecule has 2 aromatic rings. The maximum absolute atomic E-state index is 13.0. The van der Waals surface area contributed by atoms with Crippen molar-refractivity contribution >= 4 is 21.8 Å². The standard InChI is InChI=1S/C23H27NO6S/c1-23(14-4-5-18(25)15-23)21(22(26)30-3)24-31(27,28)20-12-8-17(9-13-20)16-6-10-19(29-2)11-7-16/h6-13,21,24H,4-5,14-15H2,1-3H3. The second kappa shape index (κ2) is 9.20. The van der Waals surface area contributed by atoms with Crippen LogP contribution in [0.1, 0.15) is 32.6 Å². The fourth-order valence-corrected chi connectivity index (χ4v) is 5.31. The minimum Gasteiger partial charge on any atom is -0.497 e. The van der Waals surface area contributed by atoms with Crippen molar-refractivity contribution in [3.63, 3.8) is 0 Å². The first kappa shape index (κ1) is 23.0. The Morgan fingerprint density at radius 2 is 1.61 bits per heavy atom. The zero-order valence-electron chi connectivity index (χ0n) is 17.9. The van der Waals surface area contributed by atoms with Gasteiger partial charge in [0.2, 0.25) is 10.0 Å². The van der Waals surface area contributed by atoms with Crippen molar-refractivity contribution in [3.05, 3.63) is 48.5 Å². The molecule has 1 aliphatic rings. The maximum atomic E-state index is 13.0. The van der Waals surface area contributed by atoms with Crippen LogP contribution < -0.4 is 9.46 Å². The maximum Gasteiger partial charge on any atom is 0.324 e. The molecule has 1 saturated carbocycles. The van der Waals surface area contributed by atoms with E-state index < -0.39 is 27.4 Å². The number of carbonyl (C=O) groups is 2. The number of esters is 1. The molecule has 1 fully saturated rings. The summed E-state index contributed by atoms with van der Waals surface area (Å²) >= 11 is 0. The largest absolute Gasteiger partial charge is 0.497 e. The smallest absolute Gasteiger partial charge is 0.324 e. The second-order valence-corrected chi connectivity index (χ2v) is 9.77. The molecular formula is C23H27NO6S. The average molecular weight is 446 g/mol. The van der Waals surface area contributed by atoms with Gasteiger partial charge in [0.05, 0.1) is 19.1 Å². The summed E-state index contributed by atoms with van der Waals surface area (Å²) in [7, 11) is -1.21. The Hall–Kier alpha value is -2.71. The molecule has 2 atom stereocenters. The topological polar surface area (TPSA) is 98.8 Å². The highest BCUT2D eigenvalue weighted by molar-refractivity contribution is 7.89. The van der Waals surface area contributed by atoms with Crippen LogP contribution in [0.3, 0.4) is 0 Å². The Labute approximate surface area is 182 Å². The number of rotatable bonds is 7. The van der Waals surface area contributed by atoms with Crippen LogP contribution in [0.4, 0.5) is 0 Å². The Morgan fingerprint density at radius 1 is 1.03 bits per heavy atom. The summed E-state index contributed by atoms with van der Waals surface area (Å²) in [6.45, 7) is 1.75. The molecule has 1 aliphatic carbocycles. The summed E-state index contributed by atoms with van der Waals surface area (Å²) in [6, 6.07) is 12.7. The molecule has 0 aromatic heterocycles. The molecular weight excluding hydrogens is 418 g/mol. The number of ketones is 1. The lowest BCUT2D eigenvalue weighted by Gasteiger charge is -2.38. The van der Waals surface area contributed by atoms with Crippen LogP contribution in [0.2, 0.25) is 0 Å². The Balaban J connectivity index is 1.85. The summed E-state index contributed by atoms with van der Waals surface area (Å²) in [5.41, 5.74) is 0.924. The van der Waals surface area contributed by atoms with Gasteiger partial charge >= 0.3 is 5.97 Å². The number of Topliss-reactive ketones (excluding diaryl/α,β-unsaturated/α-hetero) is 1. The molecule has 0 saturated heterocycles. The molecule has 0 aliphatic heterocycles. The van der Waals surface area contributed by atoms with Gasteiger partial charge in [0.15, 0.2) is 0 Å². The molecule has 7 nitrogen and oxygen atoms in total. The van der Waals surface area contributed by atoms with Crippen LogP contribution >= 0.6 is 0 Å². The number of hydrogen-bond donors (Lipinski definition) is 1. The van der Waals surface area contributed by atoms with Gasteiger partial charge in [-0.2, -0.15) is 4.72 Å². The first-order valence-electron chi connectivity index (χ1n) is 10.0. The summed E-state index contributed by atoms with van der Waals surface area (Å²) in [5, 5.41) is 0. The van der Waals surface area contributed by atoms with Crippen molar-refractivity contribution in [2.24, 2.45) is 5.41 Å². The number of hydrogen-bond acceptors (Lipinski definition) is 6. The minimum absolute atomic E-state index is 0.0192. The van der Waals surface area contributed by atoms with Gasteiger partial charge in [-0.25, -0.2) is 8.42 Å². The minimum atomic E-state index is -4.01. The molecule has 2 unspecified atom stereocenters. The number of carbonyl (C=O) groups excluding carboxylic acids is 2. The molecule has 0 bridgehead atoms. The van der Waals surface area contributed by atoms with Gasteiger partial charge < -0.3 is 9.47 Å². The van der Waals surface area contributed by atoms with E-state index in [2.05, 4.69) is 4.72 Å². The number of nitrogens with one attached hydrogen (secondary N) is 1. The third-order valence-corrected chi connectivity index (χ3v) is 7.24. The van der Waals surface area contributed by atoms with Crippen LogP contribution in [0.15, 0.2) is 53.4 Å². The van der Waals surface area contributed by atoms with Crippen molar-refractivity contribution in [1.29, 1.82) is 0 Å². The Kier molecular flexibility index (Phi) is 6.81. The van der Waals surface area contributed by atoms with E-state index >= 15 is 0 Å². The van der Waals surface area contributed by atoms with E-state index in [1.165, 1.54) is 19.2 Å². The van der Waals surface area contributed by atoms with E-state index in [9.17, 15) is 18.0 Å². The quantitative estimate of drug-likeness (QED) is 0.657. The third kappa shape index (κ3) is 5.14. The van der Waals surface area contributed by atoms with Gasteiger partial charge in [0.1, 0.15) is 17.6 Å². The molecule has 31 heavy (non-hydrogen) atoms. The molecule has 0 spiro atoms. The van der Waals surface area contributed by atoms with E-state index in [0.717, 1.165) is 16.9 Å². The van der Waals surface area contributed by atoms with Crippen molar-refractivity contribution in [1.82, 2.24) is 4.72 Å². The van der Waals surface area contributed by atoms with Crippen molar-refractivity contribution in [2.45, 2.75) is 43.5 Å². The predicted molar refractivity (Wildman–Crippen MR) is 116 cm³/mol. The highest BCUT2D eigenvalue weighted by atomic mass is 32.2. The van der Waals surface area contributed by atoms with Gasteiger partial charge in [0.25, 0.3) is 0 Å². The lowest BCUT2D eigenvalue weighted by Crippen LogP contribution is -2.53. The molecule has 0 amide bonds. The molecule has 8 heteroatoms. The monoisotopic (exact) mass is 445 g/mol. The fourth-order valence-electron chi connectivity index (χ4n) is 3.99. The molecule has 0 heterocycles. The van der Waals surface area contributed by atoms with Crippen LogP contribution in [0.25, 0.3) is 11.1 Å². The molecule has 0 radical (unpaired) electrons. The second-order valence-electron chi connectivity index (χ2n) is 8.05. The van der Waals surface area contributed by atoms with E-state index in [1.807, 2.05) is 24.3 Å². The first-order valence-corrected chi connectivity index (χ1v) is 11.5. The van der Waals surface area contributed by atoms with Gasteiger partial charge in [-0.15, -0.1) is 0 Å². The average Bonchev–Trinajstić information content (AvgIpc) is 2.77. The van der Waals surface area contributed by atoms with Gasteiger partial charge in [-0.05, 0) is 48.2 Å². The van der Waals surface area contributed by atoms with Crippen molar-refractivity contribution in [3.8, 4) is 16.9 Å². The van der Waals surface area contributed by atoms with E-state index in [4.69, 9.17) is 9.47 Å². The number of ether oxygens (including phenoxy) is 2. The lowest BCUT2D eigenvalue weighted by molar-refractivity contribution is -0.147. The summed E-state index contributed by atoms with van der Waals surface area (Å²) in [4.78, 5) is 24.5. The van der Waals surface area contributed by atoms with Gasteiger partial charge in [-0.1, -0.05) is 31.2 Å². The number of sulfonamides is 1. The number of benzene rings is 2. The highest BCUT2D eigenvalue weighted by Gasteiger charge is 2.45. The Bertz CT molecular complexity index is 1050. The van der Waals surface area contributed by atoms with Crippen LogP contribution in [-0.2, 0) is 24.3 Å². The molecule has 2 aromatic carbocycles. The number of methoxy groups -OCH3 is 2. The SMILES string of the molecule is COC(=O)C(NS(=O)(=O)c1ccc(-c2ccc(OC)cc2)cc1)C1(C)CCCC(=O)C1. The van der Waals surface area contributed by atoms with E-state index in [0.29, 0.717) is 19.3 Å². The zero-order chi connectivity index (χ0) is 22.6. The van der Waals surface area contributed by atoms with Crippen LogP contribution in [0.5, 0.6) is 5.75 Å². The molecule has 166 valence electrons. The first-order chi connectivity index (χ1) is 14.7. The third-order valence-electron chi connectivity index (χ3n) is 5.80. The van der Waals surface area contributed by atoms with Crippen molar-refractivity contribution < 1.29 is 27.5 Å². The fraction of sp³-hybridized carbons (Fsp3) is 0.391. The van der Waals surface area contributed by atoms with E-state index in [-0.39, 0.29) is 17.1 Å². The molecule has 1 N–H and O–H groups in total. The van der Waals surface area contributed by atoms with Gasteiger partial charge in [-0.3, -0.25) is 9.59 Å². The predicted octanol–water partition coefficient (Wildman–Crippen LogP) is 3.33. The van der Waals surface area contributed by atoms with Crippen molar-refractivity contribution in [2.75, 3.05) is 14.2 Å². The van der Waals surface area contributed by atoms with Gasteiger partial charge in [0, 0.05) is 18.3 Å². The zero-order valence-corrected chi connectivity index (χ0v) is 18.7. The highest BCUT2D eigenvalue weighted by Crippen LogP contribution is 2.38. The Morgan fingerprint density at radius 3 is 2.13 bits per heavy atom. The molecule has 3 rings (SSSR count). The summed E-state index contributed by atoms with van der Waals surface area (Å²) in [5.74, 6) is 0.0528. The summed E-state index contributed by atoms with van der Waals surface area (Å²) < 4.78 is 38.6. The van der Waals surface area contributed by atoms with Crippen LogP contribution in [-0.4, -0.2) is 40.4 Å². The van der Waals surface area contributed by atoms with E-state index in [1.54, 1.807) is 26.2 Å². The summed E-state index contributed by atoms with van der Waals surface area (Å²) in [6.07, 6.45) is 1.74. The van der Waals surface area contributed by atoms with Crippen LogP contribution in [0, 0.1) is 5.41 Å². The lowest BCUT2D eigenvalue weighted by atomic mass is 9.70. The normalized spacial score (nSPS) is 20.2.